The first-order valence-corrected chi connectivity index (χ1v) is 8.17. The zero-order valence-corrected chi connectivity index (χ0v) is 13.3. The maximum absolute atomic E-state index is 9.43. The summed E-state index contributed by atoms with van der Waals surface area (Å²) >= 11 is 0. The van der Waals surface area contributed by atoms with Gasteiger partial charge in [-0.25, -0.2) is 0 Å². The molecule has 1 fully saturated rings. The highest BCUT2D eigenvalue weighted by molar-refractivity contribution is 6.00. The standard InChI is InChI=1S/C20H18N2O2/c21-10-15-4-3-6-18-20(15)17(11-22-18)16-5-1-2-7-19(16)24-13-14-8-9-23-12-14/h1-7,11,14,22H,8-9,12-13H2. The van der Waals surface area contributed by atoms with Crippen LogP contribution < -0.4 is 4.74 Å². The summed E-state index contributed by atoms with van der Waals surface area (Å²) in [6, 6.07) is 16.0. The monoisotopic (exact) mass is 318 g/mol. The van der Waals surface area contributed by atoms with Crippen molar-refractivity contribution in [2.24, 2.45) is 5.92 Å². The number of nitrogens with one attached hydrogen (secondary N) is 1. The summed E-state index contributed by atoms with van der Waals surface area (Å²) in [5.74, 6) is 1.30. The minimum Gasteiger partial charge on any atom is -0.493 e. The van der Waals surface area contributed by atoms with Gasteiger partial charge in [0.05, 0.1) is 24.8 Å². The molecule has 1 atom stereocenters. The normalized spacial score (nSPS) is 17.0. The van der Waals surface area contributed by atoms with Gasteiger partial charge in [-0.3, -0.25) is 0 Å². The smallest absolute Gasteiger partial charge is 0.127 e. The Morgan fingerprint density at radius 1 is 1.17 bits per heavy atom. The van der Waals surface area contributed by atoms with E-state index in [0.717, 1.165) is 47.4 Å². The quantitative estimate of drug-likeness (QED) is 0.787. The SMILES string of the molecule is N#Cc1cccc2[nH]cc(-c3ccccc3OCC3CCOC3)c12. The van der Waals surface area contributed by atoms with Crippen molar-refractivity contribution in [1.29, 1.82) is 5.26 Å². The number of aromatic nitrogens is 1. The summed E-state index contributed by atoms with van der Waals surface area (Å²) < 4.78 is 11.5. The third kappa shape index (κ3) is 2.64. The van der Waals surface area contributed by atoms with Crippen LogP contribution in [0, 0.1) is 17.2 Å². The molecule has 24 heavy (non-hydrogen) atoms. The first-order chi connectivity index (χ1) is 11.9. The van der Waals surface area contributed by atoms with Crippen LogP contribution in [0.5, 0.6) is 5.75 Å². The number of aromatic amines is 1. The van der Waals surface area contributed by atoms with E-state index in [1.54, 1.807) is 0 Å². The summed E-state index contributed by atoms with van der Waals surface area (Å²) in [4.78, 5) is 3.26. The lowest BCUT2D eigenvalue weighted by Gasteiger charge is -2.14. The molecule has 0 spiro atoms. The van der Waals surface area contributed by atoms with Gasteiger partial charge in [-0.2, -0.15) is 5.26 Å². The predicted octanol–water partition coefficient (Wildman–Crippen LogP) is 4.12. The van der Waals surface area contributed by atoms with Crippen molar-refractivity contribution in [3.8, 4) is 22.9 Å². The Morgan fingerprint density at radius 3 is 2.92 bits per heavy atom. The fourth-order valence-corrected chi connectivity index (χ4v) is 3.23. The Labute approximate surface area is 140 Å². The fraction of sp³-hybridized carbons (Fsp3) is 0.250. The molecule has 4 heteroatoms. The van der Waals surface area contributed by atoms with Gasteiger partial charge in [-0.15, -0.1) is 0 Å². The van der Waals surface area contributed by atoms with E-state index >= 15 is 0 Å². The lowest BCUT2D eigenvalue weighted by molar-refractivity contribution is 0.167. The zero-order chi connectivity index (χ0) is 16.4. The van der Waals surface area contributed by atoms with Crippen LogP contribution in [0.2, 0.25) is 0 Å². The lowest BCUT2D eigenvalue weighted by atomic mass is 10.0. The van der Waals surface area contributed by atoms with Crippen LogP contribution in [0.1, 0.15) is 12.0 Å². The van der Waals surface area contributed by atoms with Crippen molar-refractivity contribution in [2.75, 3.05) is 19.8 Å². The van der Waals surface area contributed by atoms with E-state index in [9.17, 15) is 5.26 Å². The molecule has 1 saturated heterocycles. The van der Waals surface area contributed by atoms with Crippen molar-refractivity contribution >= 4 is 10.9 Å². The Balaban J connectivity index is 1.73. The molecule has 2 heterocycles. The number of H-pyrrole nitrogens is 1. The molecule has 120 valence electrons. The molecule has 1 N–H and O–H groups in total. The summed E-state index contributed by atoms with van der Waals surface area (Å²) in [6.45, 7) is 2.25. The first-order valence-electron chi connectivity index (χ1n) is 8.17. The minimum atomic E-state index is 0.454. The number of hydrogen-bond acceptors (Lipinski definition) is 3. The van der Waals surface area contributed by atoms with E-state index in [1.807, 2.05) is 48.7 Å². The Bertz CT molecular complexity index is 901. The molecule has 4 nitrogen and oxygen atoms in total. The van der Waals surface area contributed by atoms with Crippen molar-refractivity contribution in [1.82, 2.24) is 4.98 Å². The Kier molecular flexibility index (Phi) is 3.94. The van der Waals surface area contributed by atoms with Gasteiger partial charge in [0.2, 0.25) is 0 Å². The molecular weight excluding hydrogens is 300 g/mol. The van der Waals surface area contributed by atoms with Crippen molar-refractivity contribution in [3.63, 3.8) is 0 Å². The third-order valence-corrected chi connectivity index (χ3v) is 4.50. The van der Waals surface area contributed by atoms with Crippen molar-refractivity contribution in [3.05, 3.63) is 54.2 Å². The molecule has 3 aromatic rings. The maximum atomic E-state index is 9.43. The van der Waals surface area contributed by atoms with Gasteiger partial charge in [0, 0.05) is 40.8 Å². The van der Waals surface area contributed by atoms with Crippen molar-refractivity contribution < 1.29 is 9.47 Å². The second kappa shape index (κ2) is 6.38. The largest absolute Gasteiger partial charge is 0.493 e. The maximum Gasteiger partial charge on any atom is 0.127 e. The number of nitriles is 1. The van der Waals surface area contributed by atoms with Crippen LogP contribution in [0.3, 0.4) is 0 Å². The van der Waals surface area contributed by atoms with E-state index in [1.165, 1.54) is 0 Å². The topological polar surface area (TPSA) is 58.0 Å². The first kappa shape index (κ1) is 14.8. The molecule has 1 aliphatic heterocycles. The predicted molar refractivity (Wildman–Crippen MR) is 92.9 cm³/mol. The number of nitrogens with zero attached hydrogens (tertiary/aromatic N) is 1. The lowest BCUT2D eigenvalue weighted by Crippen LogP contribution is -2.12. The van der Waals surface area contributed by atoms with E-state index in [4.69, 9.17) is 9.47 Å². The van der Waals surface area contributed by atoms with Gasteiger partial charge in [0.15, 0.2) is 0 Å². The average Bonchev–Trinajstić information content (AvgIpc) is 3.29. The fourth-order valence-electron chi connectivity index (χ4n) is 3.23. The molecule has 2 aromatic carbocycles. The van der Waals surface area contributed by atoms with E-state index in [2.05, 4.69) is 11.1 Å². The molecule has 1 aliphatic rings. The summed E-state index contributed by atoms with van der Waals surface area (Å²) in [5.41, 5.74) is 3.64. The van der Waals surface area contributed by atoms with Crippen LogP contribution in [-0.4, -0.2) is 24.8 Å². The summed E-state index contributed by atoms with van der Waals surface area (Å²) in [7, 11) is 0. The number of fused-ring (bicyclic) bond motifs is 1. The molecular formula is C20H18N2O2. The van der Waals surface area contributed by atoms with Gasteiger partial charge in [0.25, 0.3) is 0 Å². The van der Waals surface area contributed by atoms with Gasteiger partial charge in [-0.05, 0) is 24.6 Å². The molecule has 0 bridgehead atoms. The van der Waals surface area contributed by atoms with Gasteiger partial charge < -0.3 is 14.5 Å². The number of benzene rings is 2. The Morgan fingerprint density at radius 2 is 2.08 bits per heavy atom. The highest BCUT2D eigenvalue weighted by Gasteiger charge is 2.18. The second-order valence-corrected chi connectivity index (χ2v) is 6.08. The highest BCUT2D eigenvalue weighted by Crippen LogP contribution is 2.36. The third-order valence-electron chi connectivity index (χ3n) is 4.50. The van der Waals surface area contributed by atoms with Crippen LogP contribution in [-0.2, 0) is 4.74 Å². The van der Waals surface area contributed by atoms with Crippen molar-refractivity contribution in [2.45, 2.75) is 6.42 Å². The van der Waals surface area contributed by atoms with E-state index in [-0.39, 0.29) is 0 Å². The van der Waals surface area contributed by atoms with E-state index < -0.39 is 0 Å². The summed E-state index contributed by atoms with van der Waals surface area (Å²) in [5, 5.41) is 10.4. The van der Waals surface area contributed by atoms with Gasteiger partial charge in [0.1, 0.15) is 5.75 Å². The molecule has 0 saturated carbocycles. The molecule has 0 amide bonds. The molecule has 0 radical (unpaired) electrons. The van der Waals surface area contributed by atoms with Crippen LogP contribution in [0.15, 0.2) is 48.7 Å². The molecule has 1 unspecified atom stereocenters. The average molecular weight is 318 g/mol. The molecule has 0 aliphatic carbocycles. The van der Waals surface area contributed by atoms with Crippen LogP contribution in [0.25, 0.3) is 22.0 Å². The van der Waals surface area contributed by atoms with Crippen LogP contribution >= 0.6 is 0 Å². The number of ether oxygens (including phenoxy) is 2. The van der Waals surface area contributed by atoms with Gasteiger partial charge in [-0.1, -0.05) is 24.3 Å². The number of hydrogen-bond donors (Lipinski definition) is 1. The van der Waals surface area contributed by atoms with E-state index in [0.29, 0.717) is 18.1 Å². The van der Waals surface area contributed by atoms with Gasteiger partial charge >= 0.3 is 0 Å². The molecule has 1 aromatic heterocycles. The number of para-hydroxylation sites is 1. The molecule has 4 rings (SSSR count). The van der Waals surface area contributed by atoms with Crippen LogP contribution in [0.4, 0.5) is 0 Å². The Hall–Kier alpha value is -2.77. The number of rotatable bonds is 4. The summed E-state index contributed by atoms with van der Waals surface area (Å²) in [6.07, 6.45) is 3.00. The second-order valence-electron chi connectivity index (χ2n) is 6.08. The highest BCUT2D eigenvalue weighted by atomic mass is 16.5. The minimum absolute atomic E-state index is 0.454. The zero-order valence-electron chi connectivity index (χ0n) is 13.3.